The van der Waals surface area contributed by atoms with Crippen LogP contribution in [0.1, 0.15) is 67.1 Å². The summed E-state index contributed by atoms with van der Waals surface area (Å²) in [5.74, 6) is -2.20. The lowest BCUT2D eigenvalue weighted by molar-refractivity contribution is 0.00290. The van der Waals surface area contributed by atoms with Gasteiger partial charge in [-0.25, -0.2) is 13.8 Å². The van der Waals surface area contributed by atoms with E-state index in [1.807, 2.05) is 42.3 Å². The fraction of sp³-hybridized carbons (Fsp3) is 0.467. The number of carbonyl (C=O) groups excluding carboxylic acids is 1. The molecule has 0 spiro atoms. The Morgan fingerprint density at radius 1 is 1.24 bits per heavy atom. The van der Waals surface area contributed by atoms with Gasteiger partial charge in [0.15, 0.2) is 5.69 Å². The molecule has 1 unspecified atom stereocenters. The van der Waals surface area contributed by atoms with Crippen molar-refractivity contribution in [3.8, 4) is 0 Å². The van der Waals surface area contributed by atoms with Crippen LogP contribution < -0.4 is 20.8 Å². The van der Waals surface area contributed by atoms with Crippen LogP contribution in [0.15, 0.2) is 36.8 Å². The molecular weight excluding hydrogens is 528 g/mol. The summed E-state index contributed by atoms with van der Waals surface area (Å²) >= 11 is 0. The van der Waals surface area contributed by atoms with Crippen LogP contribution in [0.3, 0.4) is 0 Å². The van der Waals surface area contributed by atoms with Gasteiger partial charge in [0.1, 0.15) is 5.82 Å². The van der Waals surface area contributed by atoms with Crippen LogP contribution in [0, 0.1) is 0 Å². The lowest BCUT2D eigenvalue weighted by Crippen LogP contribution is -2.36. The third-order valence-electron chi connectivity index (χ3n) is 7.75. The second kappa shape index (κ2) is 12.4. The molecule has 5 rings (SSSR count). The third-order valence-corrected chi connectivity index (χ3v) is 7.75. The second-order valence-corrected chi connectivity index (χ2v) is 11.0. The van der Waals surface area contributed by atoms with E-state index in [-0.39, 0.29) is 24.3 Å². The first-order valence-electron chi connectivity index (χ1n) is 14.2. The summed E-state index contributed by atoms with van der Waals surface area (Å²) in [5, 5.41) is 21.4. The van der Waals surface area contributed by atoms with Gasteiger partial charge in [-0.3, -0.25) is 19.8 Å². The maximum Gasteiger partial charge on any atom is 0.276 e. The minimum atomic E-state index is -2.69. The highest BCUT2D eigenvalue weighted by atomic mass is 19.3. The molecule has 11 heteroatoms. The van der Waals surface area contributed by atoms with Gasteiger partial charge in [0.2, 0.25) is 5.92 Å². The highest BCUT2D eigenvalue weighted by molar-refractivity contribution is 6.03. The summed E-state index contributed by atoms with van der Waals surface area (Å²) in [6, 6.07) is 5.76. The summed E-state index contributed by atoms with van der Waals surface area (Å²) in [7, 11) is 0. The van der Waals surface area contributed by atoms with Gasteiger partial charge in [0.25, 0.3) is 5.91 Å². The fourth-order valence-corrected chi connectivity index (χ4v) is 5.30. The van der Waals surface area contributed by atoms with Crippen LogP contribution in [0.4, 0.5) is 20.3 Å². The Hall–Kier alpha value is -3.70. The summed E-state index contributed by atoms with van der Waals surface area (Å²) in [4.78, 5) is 26.2. The number of aliphatic hydroxyl groups is 1. The number of rotatable bonds is 10. The predicted octanol–water partition coefficient (Wildman–Crippen LogP) is 3.03. The van der Waals surface area contributed by atoms with E-state index in [4.69, 9.17) is 0 Å². The van der Waals surface area contributed by atoms with Crippen LogP contribution in [-0.4, -0.2) is 74.3 Å². The zero-order valence-electron chi connectivity index (χ0n) is 23.5. The number of hydrogen-bond donors (Lipinski definition) is 3. The number of anilines is 2. The number of carbonyl (C=O) groups is 1. The molecule has 218 valence electrons. The molecule has 2 aliphatic rings. The number of aliphatic hydroxyl groups excluding tert-OH is 1. The van der Waals surface area contributed by atoms with E-state index >= 15 is 0 Å². The number of alkyl halides is 2. The second-order valence-electron chi connectivity index (χ2n) is 11.0. The smallest absolute Gasteiger partial charge is 0.276 e. The lowest BCUT2D eigenvalue weighted by Gasteiger charge is -2.30. The van der Waals surface area contributed by atoms with Gasteiger partial charge in [0.05, 0.1) is 23.3 Å². The molecule has 4 heterocycles. The van der Waals surface area contributed by atoms with Crippen LogP contribution in [0.25, 0.3) is 12.2 Å². The highest BCUT2D eigenvalue weighted by Crippen LogP contribution is 2.25. The van der Waals surface area contributed by atoms with Gasteiger partial charge in [-0.05, 0) is 56.0 Å². The van der Waals surface area contributed by atoms with Crippen molar-refractivity contribution >= 4 is 29.6 Å². The molecule has 0 saturated carbocycles. The summed E-state index contributed by atoms with van der Waals surface area (Å²) in [5.41, 5.74) is 2.84. The van der Waals surface area contributed by atoms with E-state index in [0.29, 0.717) is 31.0 Å². The largest absolute Gasteiger partial charge is 0.393 e. The molecule has 1 fully saturated rings. The summed E-state index contributed by atoms with van der Waals surface area (Å²) in [6.45, 7) is 5.94. The summed E-state index contributed by atoms with van der Waals surface area (Å²) in [6.07, 6.45) is 11.0. The van der Waals surface area contributed by atoms with E-state index in [1.54, 1.807) is 12.4 Å². The Balaban J connectivity index is 1.27. The van der Waals surface area contributed by atoms with Crippen molar-refractivity contribution < 1.29 is 18.7 Å². The molecular formula is C30H37F2N7O2. The number of fused-ring (bicyclic) bond motifs is 1. The highest BCUT2D eigenvalue weighted by Gasteiger charge is 2.23. The molecule has 3 aromatic heterocycles. The third kappa shape index (κ3) is 7.34. The number of H-pyrrole nitrogens is 1. The van der Waals surface area contributed by atoms with Gasteiger partial charge in [-0.2, -0.15) is 5.10 Å². The average Bonchev–Trinajstić information content (AvgIpc) is 3.39. The predicted molar refractivity (Wildman–Crippen MR) is 154 cm³/mol. The van der Waals surface area contributed by atoms with Crippen LogP contribution in [0.5, 0.6) is 0 Å². The number of aromatic nitrogens is 4. The Bertz CT molecular complexity index is 1460. The van der Waals surface area contributed by atoms with Crippen molar-refractivity contribution in [3.63, 3.8) is 0 Å². The molecule has 3 aromatic rings. The van der Waals surface area contributed by atoms with E-state index in [2.05, 4.69) is 36.4 Å². The maximum atomic E-state index is 13.4. The number of nitrogens with one attached hydrogen (secondary N) is 2. The zero-order valence-corrected chi connectivity index (χ0v) is 23.5. The molecule has 0 radical (unpaired) electrons. The minimum Gasteiger partial charge on any atom is -0.393 e. The molecule has 0 aromatic carbocycles. The van der Waals surface area contributed by atoms with Crippen molar-refractivity contribution in [3.05, 3.63) is 64.2 Å². The van der Waals surface area contributed by atoms with E-state index in [1.165, 1.54) is 0 Å². The molecule has 1 atom stereocenters. The van der Waals surface area contributed by atoms with Crippen molar-refractivity contribution in [1.29, 1.82) is 0 Å². The Kier molecular flexibility index (Phi) is 8.74. The number of pyridine rings is 2. The maximum absolute atomic E-state index is 13.4. The van der Waals surface area contributed by atoms with Crippen molar-refractivity contribution in [2.24, 2.45) is 0 Å². The van der Waals surface area contributed by atoms with Crippen LogP contribution in [-0.2, 0) is 6.54 Å². The van der Waals surface area contributed by atoms with Gasteiger partial charge < -0.3 is 15.3 Å². The zero-order chi connectivity index (χ0) is 29.0. The quantitative estimate of drug-likeness (QED) is 0.347. The first kappa shape index (κ1) is 28.8. The van der Waals surface area contributed by atoms with Crippen molar-refractivity contribution in [2.75, 3.05) is 36.4 Å². The topological polar surface area (TPSA) is 110 Å². The number of amides is 1. The van der Waals surface area contributed by atoms with Gasteiger partial charge in [-0.1, -0.05) is 25.1 Å². The molecule has 9 nitrogen and oxygen atoms in total. The lowest BCUT2D eigenvalue weighted by atomic mass is 9.92. The van der Waals surface area contributed by atoms with Gasteiger partial charge in [0, 0.05) is 56.1 Å². The summed E-state index contributed by atoms with van der Waals surface area (Å²) < 4.78 is 26.7. The SMILES string of the molecule is CCN(CCC(C)(F)F)Cc1cncc(C2C=c3c(C(=O)Nc4ccc(N5CCC(O)CC5)nc4)n[nH]c3=CC2)c1. The van der Waals surface area contributed by atoms with E-state index in [0.717, 1.165) is 66.8 Å². The molecule has 3 N–H and O–H groups in total. The number of halogens is 2. The number of aromatic amines is 1. The number of piperidine rings is 1. The number of nitrogens with zero attached hydrogens (tertiary/aromatic N) is 5. The normalized spacial score (nSPS) is 17.6. The molecule has 0 bridgehead atoms. The average molecular weight is 566 g/mol. The van der Waals surface area contributed by atoms with Gasteiger partial charge >= 0.3 is 0 Å². The van der Waals surface area contributed by atoms with Crippen LogP contribution in [0.2, 0.25) is 0 Å². The molecule has 1 amide bonds. The molecule has 1 aliphatic heterocycles. The Morgan fingerprint density at radius 2 is 2.05 bits per heavy atom. The van der Waals surface area contributed by atoms with E-state index < -0.39 is 5.92 Å². The molecule has 1 aliphatic carbocycles. The Labute approximate surface area is 238 Å². The number of hydrogen-bond acceptors (Lipinski definition) is 7. The standard InChI is InChI=1S/C30H37F2N7O2/c1-3-38(13-10-30(2,31)32)19-20-14-22(17-33-16-20)21-4-6-26-25(15-21)28(37-36-26)29(41)35-23-5-7-27(34-18-23)39-11-8-24(40)9-12-39/h5-7,14-18,21,24,36,40H,3-4,8-13,19H2,1-2H3,(H,35,41). The Morgan fingerprint density at radius 3 is 2.76 bits per heavy atom. The van der Waals surface area contributed by atoms with Crippen molar-refractivity contribution in [2.45, 2.75) is 64.0 Å². The first-order chi connectivity index (χ1) is 19.7. The van der Waals surface area contributed by atoms with Crippen LogP contribution >= 0.6 is 0 Å². The monoisotopic (exact) mass is 565 g/mol. The van der Waals surface area contributed by atoms with Gasteiger partial charge in [-0.15, -0.1) is 0 Å². The fourth-order valence-electron chi connectivity index (χ4n) is 5.30. The minimum absolute atomic E-state index is 0.00170. The molecule has 1 saturated heterocycles. The molecule has 41 heavy (non-hydrogen) atoms. The van der Waals surface area contributed by atoms with E-state index in [9.17, 15) is 18.7 Å². The van der Waals surface area contributed by atoms with Crippen molar-refractivity contribution in [1.82, 2.24) is 25.1 Å². The first-order valence-corrected chi connectivity index (χ1v) is 14.2.